The summed E-state index contributed by atoms with van der Waals surface area (Å²) in [6.45, 7) is 9.45. The van der Waals surface area contributed by atoms with E-state index in [9.17, 15) is 24.6 Å². The van der Waals surface area contributed by atoms with Gasteiger partial charge in [0.25, 0.3) is 0 Å². The predicted octanol–water partition coefficient (Wildman–Crippen LogP) is 1.74. The second-order valence-corrected chi connectivity index (χ2v) is 11.4. The number of aliphatic hydroxyl groups is 2. The number of Topliss-reactive ketones (excluding diaryl/α,β-unsaturated/α-hetero) is 2. The first-order chi connectivity index (χ1) is 15.9. The SMILES string of the molecule is C=C1C(=O)[C@]23[C@H](OC(=O)c4cnoc4C)[C@H]1CC[C@H]2[C@@]12CO[C@@]3(O)[C@@H](O)[C@@H]1C(C)(C)CCC2=O. The average molecular weight is 472 g/mol. The molecule has 6 aliphatic rings. The molecule has 2 spiro atoms. The van der Waals surface area contributed by atoms with Gasteiger partial charge in [0.05, 0.1) is 18.2 Å². The first kappa shape index (κ1) is 22.1. The molecule has 0 amide bonds. The Morgan fingerprint density at radius 1 is 1.29 bits per heavy atom. The molecule has 0 unspecified atom stereocenters. The largest absolute Gasteiger partial charge is 0.457 e. The van der Waals surface area contributed by atoms with E-state index in [1.165, 1.54) is 6.20 Å². The quantitative estimate of drug-likeness (QED) is 0.488. The first-order valence-electron chi connectivity index (χ1n) is 11.9. The lowest BCUT2D eigenvalue weighted by molar-refractivity contribution is -0.436. The number of aromatic nitrogens is 1. The average Bonchev–Trinajstić information content (AvgIpc) is 3.26. The molecule has 8 atom stereocenters. The number of carbonyl (C=O) groups is 3. The fourth-order valence-electron chi connectivity index (χ4n) is 8.44. The van der Waals surface area contributed by atoms with Gasteiger partial charge in [-0.2, -0.15) is 0 Å². The molecule has 6 fully saturated rings. The third kappa shape index (κ3) is 2.14. The van der Waals surface area contributed by atoms with Crippen molar-refractivity contribution in [2.45, 2.75) is 64.4 Å². The Labute approximate surface area is 196 Å². The highest BCUT2D eigenvalue weighted by atomic mass is 16.6. The highest BCUT2D eigenvalue weighted by Gasteiger charge is 2.88. The van der Waals surface area contributed by atoms with Crippen molar-refractivity contribution in [1.82, 2.24) is 5.16 Å². The van der Waals surface area contributed by atoms with Crippen LogP contribution in [-0.4, -0.2) is 57.5 Å². The molecular formula is C25H29NO8. The summed E-state index contributed by atoms with van der Waals surface area (Å²) in [6, 6.07) is 0. The van der Waals surface area contributed by atoms with Gasteiger partial charge in [0.1, 0.15) is 34.7 Å². The van der Waals surface area contributed by atoms with E-state index in [2.05, 4.69) is 11.7 Å². The second kappa shape index (κ2) is 6.44. The van der Waals surface area contributed by atoms with E-state index in [0.29, 0.717) is 25.7 Å². The monoisotopic (exact) mass is 471 g/mol. The zero-order valence-corrected chi connectivity index (χ0v) is 19.5. The van der Waals surface area contributed by atoms with Gasteiger partial charge < -0.3 is 24.2 Å². The summed E-state index contributed by atoms with van der Waals surface area (Å²) < 4.78 is 16.9. The molecule has 0 radical (unpaired) electrons. The van der Waals surface area contributed by atoms with Crippen LogP contribution in [0.4, 0.5) is 0 Å². The fourth-order valence-corrected chi connectivity index (χ4v) is 8.44. The zero-order chi connectivity index (χ0) is 24.4. The molecule has 2 saturated heterocycles. The maximum absolute atomic E-state index is 14.0. The molecule has 4 saturated carbocycles. The number of rotatable bonds is 2. The van der Waals surface area contributed by atoms with Crippen LogP contribution in [0.5, 0.6) is 0 Å². The van der Waals surface area contributed by atoms with E-state index in [-0.39, 0.29) is 29.3 Å². The molecule has 7 rings (SSSR count). The molecule has 0 aromatic carbocycles. The number of aliphatic hydroxyl groups excluding tert-OH is 1. The van der Waals surface area contributed by atoms with Crippen molar-refractivity contribution in [3.63, 3.8) is 0 Å². The summed E-state index contributed by atoms with van der Waals surface area (Å²) in [5, 5.41) is 27.4. The third-order valence-electron chi connectivity index (χ3n) is 9.82. The van der Waals surface area contributed by atoms with Gasteiger partial charge in [-0.1, -0.05) is 25.6 Å². The van der Waals surface area contributed by atoms with Crippen LogP contribution < -0.4 is 0 Å². The van der Waals surface area contributed by atoms with Crippen molar-refractivity contribution in [3.05, 3.63) is 29.7 Å². The number of esters is 1. The first-order valence-corrected chi connectivity index (χ1v) is 11.9. The highest BCUT2D eigenvalue weighted by Crippen LogP contribution is 2.76. The molecule has 3 heterocycles. The molecule has 2 aliphatic heterocycles. The van der Waals surface area contributed by atoms with Crippen molar-refractivity contribution < 1.29 is 38.6 Å². The van der Waals surface area contributed by atoms with Crippen LogP contribution in [0.25, 0.3) is 0 Å². The van der Waals surface area contributed by atoms with Crippen molar-refractivity contribution in [1.29, 1.82) is 0 Å². The lowest BCUT2D eigenvalue weighted by Gasteiger charge is -2.72. The Bertz CT molecular complexity index is 1150. The van der Waals surface area contributed by atoms with Crippen LogP contribution in [0.1, 0.15) is 55.6 Å². The van der Waals surface area contributed by atoms with Gasteiger partial charge in [0, 0.05) is 18.3 Å². The topological polar surface area (TPSA) is 136 Å². The van der Waals surface area contributed by atoms with E-state index >= 15 is 0 Å². The summed E-state index contributed by atoms with van der Waals surface area (Å²) in [5.41, 5.74) is -3.10. The van der Waals surface area contributed by atoms with Crippen LogP contribution in [0.3, 0.4) is 0 Å². The lowest BCUT2D eigenvalue weighted by atomic mass is 9.36. The summed E-state index contributed by atoms with van der Waals surface area (Å²) in [7, 11) is 0. The van der Waals surface area contributed by atoms with Crippen LogP contribution in [-0.2, 0) is 19.1 Å². The van der Waals surface area contributed by atoms with E-state index in [1.54, 1.807) is 6.92 Å². The van der Waals surface area contributed by atoms with Gasteiger partial charge in [-0.15, -0.1) is 0 Å². The normalized spacial score (nSPS) is 46.3. The smallest absolute Gasteiger partial charge is 0.343 e. The molecule has 2 N–H and O–H groups in total. The molecule has 182 valence electrons. The molecule has 9 heteroatoms. The number of aryl methyl sites for hydroxylation is 1. The number of nitrogens with zero attached hydrogens (tertiary/aromatic N) is 1. The van der Waals surface area contributed by atoms with E-state index in [4.69, 9.17) is 14.0 Å². The Balaban J connectivity index is 1.56. The minimum Gasteiger partial charge on any atom is -0.457 e. The molecule has 9 nitrogen and oxygen atoms in total. The van der Waals surface area contributed by atoms with Gasteiger partial charge in [0.15, 0.2) is 5.78 Å². The molecule has 1 aromatic rings. The Kier molecular flexibility index (Phi) is 4.19. The number of ether oxygens (including phenoxy) is 2. The van der Waals surface area contributed by atoms with Crippen molar-refractivity contribution in [2.75, 3.05) is 6.61 Å². The van der Waals surface area contributed by atoms with Crippen LogP contribution in [0, 0.1) is 40.9 Å². The molecule has 34 heavy (non-hydrogen) atoms. The summed E-state index contributed by atoms with van der Waals surface area (Å²) >= 11 is 0. The number of ketones is 2. The van der Waals surface area contributed by atoms with Gasteiger partial charge in [-0.05, 0) is 43.1 Å². The van der Waals surface area contributed by atoms with E-state index in [1.807, 2.05) is 13.8 Å². The summed E-state index contributed by atoms with van der Waals surface area (Å²) in [6.07, 6.45) is 0.404. The van der Waals surface area contributed by atoms with Gasteiger partial charge in [0.2, 0.25) is 5.79 Å². The predicted molar refractivity (Wildman–Crippen MR) is 114 cm³/mol. The maximum Gasteiger partial charge on any atom is 0.343 e. The lowest BCUT2D eigenvalue weighted by Crippen LogP contribution is -2.85. The van der Waals surface area contributed by atoms with Crippen LogP contribution in [0.2, 0.25) is 0 Å². The second-order valence-electron chi connectivity index (χ2n) is 11.4. The number of fused-ring (bicyclic) bond motifs is 2. The Morgan fingerprint density at radius 3 is 2.71 bits per heavy atom. The van der Waals surface area contributed by atoms with Gasteiger partial charge in [-0.3, -0.25) is 9.59 Å². The minimum atomic E-state index is -2.32. The zero-order valence-electron chi connectivity index (χ0n) is 19.5. The molecule has 4 bridgehead atoms. The van der Waals surface area contributed by atoms with Crippen molar-refractivity contribution in [2.24, 2.45) is 34.0 Å². The summed E-state index contributed by atoms with van der Waals surface area (Å²) in [5.74, 6) is -5.15. The van der Waals surface area contributed by atoms with E-state index < -0.39 is 63.7 Å². The number of carbonyl (C=O) groups excluding carboxylic acids is 3. The molecule has 4 aliphatic carbocycles. The van der Waals surface area contributed by atoms with Crippen LogP contribution in [0.15, 0.2) is 22.9 Å². The Morgan fingerprint density at radius 2 is 2.03 bits per heavy atom. The van der Waals surface area contributed by atoms with Crippen LogP contribution >= 0.6 is 0 Å². The van der Waals surface area contributed by atoms with Gasteiger partial charge in [-0.25, -0.2) is 4.79 Å². The van der Waals surface area contributed by atoms with Gasteiger partial charge >= 0.3 is 5.97 Å². The van der Waals surface area contributed by atoms with Crippen molar-refractivity contribution in [3.8, 4) is 0 Å². The highest BCUT2D eigenvalue weighted by molar-refractivity contribution is 6.06. The number of hydrogen-bond acceptors (Lipinski definition) is 9. The standard InChI is InChI=1S/C25H29NO8/c1-11-13-5-6-15-23-10-32-25(31,19(29)17(23)22(3,4)8-7-16(23)27)24(15,18(11)28)20(13)33-21(30)14-9-26-34-12(14)2/h9,13,15,17,19-20,29,31H,1,5-8,10H2,2-4H3/t13-,15-,17+,19-,20+,23+,24-,25-/m0/s1. The minimum absolute atomic E-state index is 0.0642. The summed E-state index contributed by atoms with van der Waals surface area (Å²) in [4.78, 5) is 40.8. The molecular weight excluding hydrogens is 442 g/mol. The Hall–Kier alpha value is -2.36. The van der Waals surface area contributed by atoms with Crippen molar-refractivity contribution >= 4 is 17.5 Å². The fraction of sp³-hybridized carbons (Fsp3) is 0.680. The molecule has 1 aromatic heterocycles. The third-order valence-corrected chi connectivity index (χ3v) is 9.82. The number of hydrogen-bond donors (Lipinski definition) is 2. The maximum atomic E-state index is 14.0. The van der Waals surface area contributed by atoms with E-state index in [0.717, 1.165) is 0 Å².